The topological polar surface area (TPSA) is 41.3 Å². The fraction of sp³-hybridized carbons (Fsp3) is 0.500. The molecule has 0 aliphatic heterocycles. The Labute approximate surface area is 278 Å². The summed E-state index contributed by atoms with van der Waals surface area (Å²) in [6, 6.07) is 10.9. The van der Waals surface area contributed by atoms with Crippen LogP contribution < -0.4 is 21.5 Å². The summed E-state index contributed by atoms with van der Waals surface area (Å²) in [5.74, 6) is -2.93. The highest BCUT2D eigenvalue weighted by molar-refractivity contribution is 5.57. The molecule has 0 fully saturated rings. The molecule has 0 amide bonds. The second-order valence-corrected chi connectivity index (χ2v) is 12.3. The fourth-order valence-electron chi connectivity index (χ4n) is 4.60. The molecule has 1 atom stereocenters. The molecule has 1 unspecified atom stereocenters. The third-order valence-electron chi connectivity index (χ3n) is 7.59. The molecule has 46 heavy (non-hydrogen) atoms. The van der Waals surface area contributed by atoms with Crippen LogP contribution >= 0.6 is 0 Å². The minimum Gasteiger partial charge on any atom is -0.385 e. The van der Waals surface area contributed by atoms with Crippen LogP contribution in [-0.4, -0.2) is 37.6 Å². The van der Waals surface area contributed by atoms with E-state index in [1.165, 1.54) is 29.3 Å². The standard InChI is InChI=1S/C21H33N3.C15H21F3.C4H8/c1-6-21-16-20(10-9-17(21)3)15-18(4)19(5)23-12-8-13-24(7-2)14-11-22;1-5-7-11-8-9-12(14(3,16)6-2)10-13(11)15(4,17)18;1-4(2)3/h6,9-10,15-16,23H,3,5,7-8,11-14,22H2,1-2,4H3;8-10H,5-7H2,1-4H3;1H2,2-3H3/b18-15+,21-6-;;. The molecule has 0 heterocycles. The summed E-state index contributed by atoms with van der Waals surface area (Å²) < 4.78 is 41.4. The number of alkyl halides is 3. The Hall–Kier alpha value is -3.09. The van der Waals surface area contributed by atoms with Crippen molar-refractivity contribution in [2.24, 2.45) is 5.73 Å². The predicted molar refractivity (Wildman–Crippen MR) is 197 cm³/mol. The third-order valence-corrected chi connectivity index (χ3v) is 7.59. The Morgan fingerprint density at radius 2 is 1.61 bits per heavy atom. The van der Waals surface area contributed by atoms with Gasteiger partial charge < -0.3 is 16.0 Å². The number of hydrogen-bond donors (Lipinski definition) is 2. The maximum absolute atomic E-state index is 14.2. The molecular formula is C40H62F3N3. The van der Waals surface area contributed by atoms with Crippen LogP contribution in [0.4, 0.5) is 13.2 Å². The van der Waals surface area contributed by atoms with Gasteiger partial charge in [-0.1, -0.05) is 76.3 Å². The summed E-state index contributed by atoms with van der Waals surface area (Å²) >= 11 is 0. The molecule has 3 N–H and O–H groups in total. The number of nitrogens with zero attached hydrogens (tertiary/aromatic N) is 1. The summed E-state index contributed by atoms with van der Waals surface area (Å²) in [7, 11) is 0. The van der Waals surface area contributed by atoms with Gasteiger partial charge in [-0.2, -0.15) is 0 Å². The predicted octanol–water partition coefficient (Wildman–Crippen LogP) is 9.00. The maximum atomic E-state index is 14.2. The summed E-state index contributed by atoms with van der Waals surface area (Å²) in [6.07, 6.45) is 6.99. The zero-order valence-electron chi connectivity index (χ0n) is 30.3. The highest BCUT2D eigenvalue weighted by atomic mass is 19.3. The van der Waals surface area contributed by atoms with E-state index in [0.29, 0.717) is 17.5 Å². The van der Waals surface area contributed by atoms with Crippen molar-refractivity contribution in [2.75, 3.05) is 32.7 Å². The van der Waals surface area contributed by atoms with Gasteiger partial charge in [-0.15, -0.1) is 6.58 Å². The first-order valence-electron chi connectivity index (χ1n) is 16.6. The van der Waals surface area contributed by atoms with Crippen molar-refractivity contribution in [3.63, 3.8) is 0 Å². The third kappa shape index (κ3) is 16.5. The number of nitrogens with one attached hydrogen (secondary N) is 1. The molecule has 0 saturated heterocycles. The van der Waals surface area contributed by atoms with Crippen LogP contribution in [0.1, 0.15) is 104 Å². The Kier molecular flexibility index (Phi) is 20.2. The molecule has 0 radical (unpaired) electrons. The number of likely N-dealkylation sites (N-methyl/N-ethyl adjacent to an activating group) is 1. The number of nitrogens with two attached hydrogens (primary N) is 1. The number of rotatable bonds is 15. The number of halogens is 3. The van der Waals surface area contributed by atoms with Crippen molar-refractivity contribution in [3.05, 3.63) is 99.1 Å². The molecule has 258 valence electrons. The van der Waals surface area contributed by atoms with E-state index < -0.39 is 11.6 Å². The quantitative estimate of drug-likeness (QED) is 0.116. The molecular weight excluding hydrogens is 579 g/mol. The van der Waals surface area contributed by atoms with Crippen molar-refractivity contribution in [2.45, 2.75) is 99.6 Å². The molecule has 0 aromatic heterocycles. The molecule has 0 spiro atoms. The largest absolute Gasteiger partial charge is 0.385 e. The van der Waals surface area contributed by atoms with Gasteiger partial charge in [0, 0.05) is 37.8 Å². The monoisotopic (exact) mass is 641 g/mol. The second-order valence-electron chi connectivity index (χ2n) is 12.3. The van der Waals surface area contributed by atoms with E-state index in [0.717, 1.165) is 69.0 Å². The lowest BCUT2D eigenvalue weighted by Gasteiger charge is -2.23. The Bertz CT molecular complexity index is 1350. The van der Waals surface area contributed by atoms with Crippen molar-refractivity contribution >= 4 is 18.7 Å². The van der Waals surface area contributed by atoms with Crippen LogP contribution in [0.25, 0.3) is 18.7 Å². The zero-order valence-corrected chi connectivity index (χ0v) is 30.3. The van der Waals surface area contributed by atoms with E-state index in [-0.39, 0.29) is 12.0 Å². The molecule has 2 rings (SSSR count). The highest BCUT2D eigenvalue weighted by Crippen LogP contribution is 2.36. The number of benzene rings is 2. The lowest BCUT2D eigenvalue weighted by atomic mass is 9.89. The number of allylic oxidation sites excluding steroid dienone is 2. The van der Waals surface area contributed by atoms with Gasteiger partial charge in [-0.05, 0) is 118 Å². The normalized spacial score (nSPS) is 13.3. The summed E-state index contributed by atoms with van der Waals surface area (Å²) in [4.78, 5) is 2.37. The summed E-state index contributed by atoms with van der Waals surface area (Å²) in [6.45, 7) is 32.7. The van der Waals surface area contributed by atoms with Crippen LogP contribution in [0, 0.1) is 0 Å². The van der Waals surface area contributed by atoms with E-state index in [4.69, 9.17) is 5.73 Å². The molecule has 3 nitrogen and oxygen atoms in total. The molecule has 6 heteroatoms. The second kappa shape index (κ2) is 21.7. The van der Waals surface area contributed by atoms with Gasteiger partial charge in [0.05, 0.1) is 0 Å². The van der Waals surface area contributed by atoms with Gasteiger partial charge in [0.1, 0.15) is 5.67 Å². The first-order valence-corrected chi connectivity index (χ1v) is 16.6. The van der Waals surface area contributed by atoms with E-state index >= 15 is 0 Å². The minimum atomic E-state index is -2.93. The van der Waals surface area contributed by atoms with E-state index in [9.17, 15) is 13.2 Å². The average Bonchev–Trinajstić information content (AvgIpc) is 2.99. The molecule has 0 aliphatic carbocycles. The van der Waals surface area contributed by atoms with Gasteiger partial charge in [0.25, 0.3) is 5.92 Å². The Balaban J connectivity index is 0.000000812. The molecule has 0 bridgehead atoms. The van der Waals surface area contributed by atoms with Gasteiger partial charge in [-0.3, -0.25) is 0 Å². The van der Waals surface area contributed by atoms with Crippen LogP contribution in [-0.2, 0) is 18.0 Å². The highest BCUT2D eigenvalue weighted by Gasteiger charge is 2.31. The number of hydrogen-bond acceptors (Lipinski definition) is 3. The van der Waals surface area contributed by atoms with Crippen LogP contribution in [0.2, 0.25) is 0 Å². The summed E-state index contributed by atoms with van der Waals surface area (Å²) in [5, 5.41) is 5.66. The van der Waals surface area contributed by atoms with Gasteiger partial charge in [0.15, 0.2) is 0 Å². The van der Waals surface area contributed by atoms with Crippen molar-refractivity contribution < 1.29 is 13.2 Å². The van der Waals surface area contributed by atoms with Crippen LogP contribution in [0.15, 0.2) is 66.4 Å². The first-order chi connectivity index (χ1) is 21.5. The van der Waals surface area contributed by atoms with Crippen molar-refractivity contribution in [1.82, 2.24) is 10.2 Å². The fourth-order valence-corrected chi connectivity index (χ4v) is 4.60. The van der Waals surface area contributed by atoms with E-state index in [1.54, 1.807) is 19.1 Å². The first kappa shape index (κ1) is 42.9. The molecule has 0 saturated carbocycles. The smallest absolute Gasteiger partial charge is 0.270 e. The lowest BCUT2D eigenvalue weighted by molar-refractivity contribution is 0.0162. The van der Waals surface area contributed by atoms with E-state index in [1.807, 2.05) is 27.7 Å². The van der Waals surface area contributed by atoms with Gasteiger partial charge in [0.2, 0.25) is 0 Å². The van der Waals surface area contributed by atoms with Gasteiger partial charge >= 0.3 is 0 Å². The number of aryl methyl sites for hydroxylation is 1. The minimum absolute atomic E-state index is 0.0424. The van der Waals surface area contributed by atoms with Crippen LogP contribution in [0.3, 0.4) is 0 Å². The Morgan fingerprint density at radius 3 is 2.11 bits per heavy atom. The van der Waals surface area contributed by atoms with Crippen molar-refractivity contribution in [1.29, 1.82) is 0 Å². The van der Waals surface area contributed by atoms with Gasteiger partial charge in [-0.25, -0.2) is 13.2 Å². The SMILES string of the molecule is C=C(C)C.C=C(NCCCN(CC)CCN)/C(C)=C/c1ccc(=C)/c(=C\C)c1.CCCc1ccc(C(C)(F)CC)cc1C(C)(F)F. The maximum Gasteiger partial charge on any atom is 0.270 e. The van der Waals surface area contributed by atoms with Crippen LogP contribution in [0.5, 0.6) is 0 Å². The molecule has 2 aromatic carbocycles. The lowest BCUT2D eigenvalue weighted by Crippen LogP contribution is -2.31. The zero-order chi connectivity index (χ0) is 35.5. The van der Waals surface area contributed by atoms with E-state index in [2.05, 4.69) is 74.2 Å². The molecule has 0 aliphatic rings. The molecule has 2 aromatic rings. The Morgan fingerprint density at radius 1 is 0.978 bits per heavy atom. The summed E-state index contributed by atoms with van der Waals surface area (Å²) in [5.41, 5.74) is 9.45. The van der Waals surface area contributed by atoms with Crippen molar-refractivity contribution in [3.8, 4) is 0 Å². The average molecular weight is 642 g/mol.